The number of fused-ring (bicyclic) bond motifs is 2. The fourth-order valence-electron chi connectivity index (χ4n) is 3.34. The molecule has 6 nitrogen and oxygen atoms in total. The van der Waals surface area contributed by atoms with Crippen LogP contribution in [0.3, 0.4) is 0 Å². The Balaban J connectivity index is 1.76. The van der Waals surface area contributed by atoms with Gasteiger partial charge in [0.15, 0.2) is 6.61 Å². The van der Waals surface area contributed by atoms with Crippen molar-refractivity contribution in [1.29, 1.82) is 0 Å². The number of hydrogen-bond acceptors (Lipinski definition) is 5. The fraction of sp³-hybridized carbons (Fsp3) is 0.160. The van der Waals surface area contributed by atoms with Gasteiger partial charge < -0.3 is 14.4 Å². The van der Waals surface area contributed by atoms with E-state index in [1.807, 2.05) is 60.7 Å². The predicted molar refractivity (Wildman–Crippen MR) is 120 cm³/mol. The molecule has 6 heteroatoms. The second-order valence-corrected chi connectivity index (χ2v) is 7.36. The van der Waals surface area contributed by atoms with E-state index in [-0.39, 0.29) is 12.5 Å². The quantitative estimate of drug-likeness (QED) is 0.455. The van der Waals surface area contributed by atoms with Crippen molar-refractivity contribution in [3.63, 3.8) is 0 Å². The Bertz CT molecular complexity index is 1300. The van der Waals surface area contributed by atoms with Gasteiger partial charge in [-0.05, 0) is 41.1 Å². The summed E-state index contributed by atoms with van der Waals surface area (Å²) in [5.41, 5.74) is 2.59. The standard InChI is InChI=1S/C25H22N2O4/c1-27(2)24(28)15-31-25(29)21-14-23(26-22-7-5-4-6-20(21)22)18-9-8-17-13-19(30-3)11-10-16(17)12-18/h4-14H,15H2,1-3H3. The summed E-state index contributed by atoms with van der Waals surface area (Å²) in [6.07, 6.45) is 0. The summed E-state index contributed by atoms with van der Waals surface area (Å²) >= 11 is 0. The van der Waals surface area contributed by atoms with Crippen molar-refractivity contribution < 1.29 is 19.1 Å². The van der Waals surface area contributed by atoms with E-state index in [2.05, 4.69) is 0 Å². The van der Waals surface area contributed by atoms with Crippen molar-refractivity contribution in [1.82, 2.24) is 9.88 Å². The molecule has 1 amide bonds. The Morgan fingerprint density at radius 1 is 0.935 bits per heavy atom. The highest BCUT2D eigenvalue weighted by Gasteiger charge is 2.17. The highest BCUT2D eigenvalue weighted by Crippen LogP contribution is 2.29. The van der Waals surface area contributed by atoms with Crippen molar-refractivity contribution in [3.8, 4) is 17.0 Å². The number of ether oxygens (including phenoxy) is 2. The van der Waals surface area contributed by atoms with Crippen LogP contribution in [0.5, 0.6) is 5.75 Å². The van der Waals surface area contributed by atoms with Crippen LogP contribution >= 0.6 is 0 Å². The lowest BCUT2D eigenvalue weighted by Gasteiger charge is -2.12. The molecule has 0 aliphatic carbocycles. The van der Waals surface area contributed by atoms with E-state index >= 15 is 0 Å². The number of esters is 1. The van der Waals surface area contributed by atoms with Gasteiger partial charge in [-0.2, -0.15) is 0 Å². The summed E-state index contributed by atoms with van der Waals surface area (Å²) < 4.78 is 10.6. The minimum atomic E-state index is -0.555. The van der Waals surface area contributed by atoms with E-state index in [0.29, 0.717) is 22.2 Å². The molecule has 0 aliphatic heterocycles. The molecular formula is C25H22N2O4. The van der Waals surface area contributed by atoms with E-state index < -0.39 is 5.97 Å². The Morgan fingerprint density at radius 2 is 1.68 bits per heavy atom. The molecule has 0 saturated carbocycles. The van der Waals surface area contributed by atoms with Crippen molar-refractivity contribution in [3.05, 3.63) is 72.3 Å². The normalized spacial score (nSPS) is 10.8. The largest absolute Gasteiger partial charge is 0.497 e. The van der Waals surface area contributed by atoms with Crippen LogP contribution in [0.1, 0.15) is 10.4 Å². The van der Waals surface area contributed by atoms with Gasteiger partial charge >= 0.3 is 5.97 Å². The number of aromatic nitrogens is 1. The summed E-state index contributed by atoms with van der Waals surface area (Å²) in [5, 5.41) is 2.76. The molecule has 0 aliphatic rings. The third-order valence-corrected chi connectivity index (χ3v) is 5.10. The number of benzene rings is 3. The summed E-state index contributed by atoms with van der Waals surface area (Å²) in [5.74, 6) is -0.0427. The van der Waals surface area contributed by atoms with Gasteiger partial charge in [-0.1, -0.05) is 36.4 Å². The smallest absolute Gasteiger partial charge is 0.339 e. The highest BCUT2D eigenvalue weighted by molar-refractivity contribution is 6.05. The molecule has 0 bridgehead atoms. The van der Waals surface area contributed by atoms with Crippen LogP contribution < -0.4 is 4.74 Å². The van der Waals surface area contributed by atoms with Gasteiger partial charge in [0.2, 0.25) is 0 Å². The molecule has 4 rings (SSSR count). The van der Waals surface area contributed by atoms with Gasteiger partial charge in [0.05, 0.1) is 23.9 Å². The number of hydrogen-bond donors (Lipinski definition) is 0. The number of para-hydroxylation sites is 1. The molecule has 3 aromatic carbocycles. The van der Waals surface area contributed by atoms with E-state index in [1.165, 1.54) is 4.90 Å². The first-order chi connectivity index (χ1) is 15.0. The molecule has 1 aromatic heterocycles. The Kier molecular flexibility index (Phi) is 5.54. The molecule has 0 saturated heterocycles. The molecule has 0 radical (unpaired) electrons. The zero-order valence-corrected chi connectivity index (χ0v) is 17.6. The summed E-state index contributed by atoms with van der Waals surface area (Å²) in [6.45, 7) is -0.310. The SMILES string of the molecule is COc1ccc2cc(-c3cc(C(=O)OCC(=O)N(C)C)c4ccccc4n3)ccc2c1. The minimum Gasteiger partial charge on any atom is -0.497 e. The number of pyridine rings is 1. The van der Waals surface area contributed by atoms with Crippen molar-refractivity contribution >= 4 is 33.6 Å². The van der Waals surface area contributed by atoms with E-state index in [0.717, 1.165) is 22.1 Å². The van der Waals surface area contributed by atoms with Gasteiger partial charge in [0.1, 0.15) is 5.75 Å². The molecule has 0 spiro atoms. The maximum Gasteiger partial charge on any atom is 0.339 e. The topological polar surface area (TPSA) is 68.7 Å². The number of nitrogens with zero attached hydrogens (tertiary/aromatic N) is 2. The van der Waals surface area contributed by atoms with Crippen LogP contribution in [0.2, 0.25) is 0 Å². The average molecular weight is 414 g/mol. The van der Waals surface area contributed by atoms with Crippen LogP contribution in [0.25, 0.3) is 32.9 Å². The van der Waals surface area contributed by atoms with Gasteiger partial charge in [0, 0.05) is 25.0 Å². The molecular weight excluding hydrogens is 392 g/mol. The van der Waals surface area contributed by atoms with Crippen LogP contribution in [0.15, 0.2) is 66.7 Å². The van der Waals surface area contributed by atoms with Gasteiger partial charge in [-0.3, -0.25) is 4.79 Å². The molecule has 4 aromatic rings. The van der Waals surface area contributed by atoms with Crippen LogP contribution in [0.4, 0.5) is 0 Å². The second kappa shape index (κ2) is 8.44. The zero-order chi connectivity index (χ0) is 22.0. The zero-order valence-electron chi connectivity index (χ0n) is 17.6. The first kappa shape index (κ1) is 20.3. The Hall–Kier alpha value is -3.93. The first-order valence-electron chi connectivity index (χ1n) is 9.81. The molecule has 31 heavy (non-hydrogen) atoms. The Morgan fingerprint density at radius 3 is 2.45 bits per heavy atom. The number of carbonyl (C=O) groups is 2. The second-order valence-electron chi connectivity index (χ2n) is 7.36. The summed E-state index contributed by atoms with van der Waals surface area (Å²) in [7, 11) is 4.87. The van der Waals surface area contributed by atoms with Crippen LogP contribution in [-0.4, -0.2) is 49.6 Å². The number of amides is 1. The lowest BCUT2D eigenvalue weighted by molar-refractivity contribution is -0.131. The third kappa shape index (κ3) is 4.19. The molecule has 156 valence electrons. The maximum atomic E-state index is 12.8. The minimum absolute atomic E-state index is 0.281. The summed E-state index contributed by atoms with van der Waals surface area (Å²) in [6, 6.07) is 21.0. The number of rotatable bonds is 5. The third-order valence-electron chi connectivity index (χ3n) is 5.10. The number of methoxy groups -OCH3 is 1. The average Bonchev–Trinajstić information content (AvgIpc) is 2.80. The number of carbonyl (C=O) groups excluding carboxylic acids is 2. The Labute approximate surface area is 180 Å². The van der Waals surface area contributed by atoms with E-state index in [1.54, 1.807) is 27.3 Å². The molecule has 1 heterocycles. The molecule has 0 unspecified atom stereocenters. The van der Waals surface area contributed by atoms with Crippen LogP contribution in [-0.2, 0) is 9.53 Å². The lowest BCUT2D eigenvalue weighted by Crippen LogP contribution is -2.27. The number of likely N-dealkylation sites (N-methyl/N-ethyl adjacent to an activating group) is 1. The highest BCUT2D eigenvalue weighted by atomic mass is 16.5. The fourth-order valence-corrected chi connectivity index (χ4v) is 3.34. The van der Waals surface area contributed by atoms with Gasteiger partial charge in [-0.25, -0.2) is 9.78 Å². The van der Waals surface area contributed by atoms with Crippen molar-refractivity contribution in [2.75, 3.05) is 27.8 Å². The van der Waals surface area contributed by atoms with Crippen LogP contribution in [0, 0.1) is 0 Å². The maximum absolute atomic E-state index is 12.8. The summed E-state index contributed by atoms with van der Waals surface area (Å²) in [4.78, 5) is 30.8. The lowest BCUT2D eigenvalue weighted by atomic mass is 10.0. The molecule has 0 atom stereocenters. The molecule has 0 fully saturated rings. The first-order valence-corrected chi connectivity index (χ1v) is 9.81. The van der Waals surface area contributed by atoms with Crippen molar-refractivity contribution in [2.24, 2.45) is 0 Å². The molecule has 0 N–H and O–H groups in total. The van der Waals surface area contributed by atoms with Gasteiger partial charge in [0.25, 0.3) is 5.91 Å². The monoisotopic (exact) mass is 414 g/mol. The predicted octanol–water partition coefficient (Wildman–Crippen LogP) is 4.31. The van der Waals surface area contributed by atoms with E-state index in [4.69, 9.17) is 14.5 Å². The van der Waals surface area contributed by atoms with Crippen molar-refractivity contribution in [2.45, 2.75) is 0 Å². The van der Waals surface area contributed by atoms with Gasteiger partial charge in [-0.15, -0.1) is 0 Å². The van der Waals surface area contributed by atoms with E-state index in [9.17, 15) is 9.59 Å².